The number of quaternary nitrogens is 1. The van der Waals surface area contributed by atoms with Crippen LogP contribution in [0.2, 0.25) is 5.02 Å². The number of rotatable bonds is 2. The highest BCUT2D eigenvalue weighted by Gasteiger charge is 2.37. The molecule has 0 aliphatic rings. The third kappa shape index (κ3) is 4.15. The van der Waals surface area contributed by atoms with E-state index in [0.29, 0.717) is 17.0 Å². The summed E-state index contributed by atoms with van der Waals surface area (Å²) in [6, 6.07) is 1.53. The SMILES string of the molecule is C[N+](C)(S)c1cc(C(F)(F)F)cc(Cl)c1-n1cnc(C(F)(F)F)cc1=O. The molecular weight excluding hydrogens is 408 g/mol. The number of benzene rings is 1. The van der Waals surface area contributed by atoms with Crippen LogP contribution in [0.5, 0.6) is 0 Å². The molecule has 0 saturated heterocycles. The van der Waals surface area contributed by atoms with Gasteiger partial charge >= 0.3 is 12.4 Å². The smallest absolute Gasteiger partial charge is 0.269 e. The lowest BCUT2D eigenvalue weighted by molar-refractivity contribution is -0.141. The van der Waals surface area contributed by atoms with Gasteiger partial charge in [0.2, 0.25) is 0 Å². The Balaban J connectivity index is 2.80. The lowest BCUT2D eigenvalue weighted by atomic mass is 10.1. The number of nitrogens with zero attached hydrogens (tertiary/aromatic N) is 3. The van der Waals surface area contributed by atoms with Crippen molar-refractivity contribution in [3.63, 3.8) is 0 Å². The van der Waals surface area contributed by atoms with Gasteiger partial charge in [-0.15, -0.1) is 0 Å². The van der Waals surface area contributed by atoms with Gasteiger partial charge in [0.15, 0.2) is 11.4 Å². The van der Waals surface area contributed by atoms with E-state index in [1.165, 1.54) is 14.1 Å². The van der Waals surface area contributed by atoms with Crippen molar-refractivity contribution in [2.45, 2.75) is 12.4 Å². The van der Waals surface area contributed by atoms with E-state index in [1.807, 2.05) is 0 Å². The maximum atomic E-state index is 13.0. The number of alkyl halides is 6. The van der Waals surface area contributed by atoms with Crippen LogP contribution < -0.4 is 9.45 Å². The summed E-state index contributed by atoms with van der Waals surface area (Å²) in [4.78, 5) is 15.3. The summed E-state index contributed by atoms with van der Waals surface area (Å²) in [6.45, 7) is 0. The first-order valence-electron chi connectivity index (χ1n) is 6.76. The molecule has 0 aliphatic heterocycles. The van der Waals surface area contributed by atoms with E-state index in [-0.39, 0.29) is 17.4 Å². The fourth-order valence-corrected chi connectivity index (χ4v) is 2.59. The van der Waals surface area contributed by atoms with Gasteiger partial charge in [0, 0.05) is 12.1 Å². The van der Waals surface area contributed by atoms with Gasteiger partial charge in [0.05, 0.1) is 37.5 Å². The molecular formula is C14H11ClF6N3OS+. The van der Waals surface area contributed by atoms with E-state index in [1.54, 1.807) is 0 Å². The third-order valence-corrected chi connectivity index (χ3v) is 3.80. The normalized spacial score (nSPS) is 13.2. The minimum absolute atomic E-state index is 0.156. The molecule has 12 heteroatoms. The Labute approximate surface area is 153 Å². The lowest BCUT2D eigenvalue weighted by Crippen LogP contribution is -2.32. The third-order valence-electron chi connectivity index (χ3n) is 3.30. The van der Waals surface area contributed by atoms with Crippen molar-refractivity contribution in [2.75, 3.05) is 14.1 Å². The van der Waals surface area contributed by atoms with E-state index < -0.39 is 38.1 Å². The summed E-state index contributed by atoms with van der Waals surface area (Å²) in [5.74, 6) is 0. The van der Waals surface area contributed by atoms with Gasteiger partial charge in [-0.05, 0) is 6.07 Å². The summed E-state index contributed by atoms with van der Waals surface area (Å²) in [5, 5.41) is -0.487. The van der Waals surface area contributed by atoms with Crippen LogP contribution >= 0.6 is 24.4 Å². The van der Waals surface area contributed by atoms with Crippen molar-refractivity contribution >= 4 is 30.1 Å². The molecule has 142 valence electrons. The zero-order valence-electron chi connectivity index (χ0n) is 13.2. The molecule has 0 unspecified atom stereocenters. The molecule has 0 atom stereocenters. The fraction of sp³-hybridized carbons (Fsp3) is 0.286. The highest BCUT2D eigenvalue weighted by atomic mass is 35.5. The minimum Gasteiger partial charge on any atom is -0.269 e. The Kier molecular flexibility index (Phi) is 5.12. The predicted molar refractivity (Wildman–Crippen MR) is 87.5 cm³/mol. The van der Waals surface area contributed by atoms with Crippen molar-refractivity contribution in [3.05, 3.63) is 51.2 Å². The molecule has 0 spiro atoms. The summed E-state index contributed by atoms with van der Waals surface area (Å²) < 4.78 is 77.2. The van der Waals surface area contributed by atoms with Crippen LogP contribution in [0.3, 0.4) is 0 Å². The average Bonchev–Trinajstić information content (AvgIpc) is 2.44. The first-order chi connectivity index (χ1) is 11.6. The molecule has 1 aromatic carbocycles. The fourth-order valence-electron chi connectivity index (χ4n) is 2.13. The van der Waals surface area contributed by atoms with E-state index in [9.17, 15) is 31.1 Å². The average molecular weight is 419 g/mol. The highest BCUT2D eigenvalue weighted by molar-refractivity contribution is 7.79. The first-order valence-corrected chi connectivity index (χ1v) is 7.54. The molecule has 1 aromatic heterocycles. The number of hydrogen-bond acceptors (Lipinski definition) is 3. The van der Waals surface area contributed by atoms with Gasteiger partial charge in [0.25, 0.3) is 5.56 Å². The van der Waals surface area contributed by atoms with E-state index in [4.69, 9.17) is 11.6 Å². The van der Waals surface area contributed by atoms with E-state index in [0.717, 1.165) is 6.07 Å². The topological polar surface area (TPSA) is 34.9 Å². The highest BCUT2D eigenvalue weighted by Crippen LogP contribution is 2.41. The molecule has 2 rings (SSSR count). The molecule has 0 amide bonds. The molecule has 0 N–H and O–H groups in total. The molecule has 4 nitrogen and oxygen atoms in total. The Morgan fingerprint density at radius 1 is 1.08 bits per heavy atom. The largest absolute Gasteiger partial charge is 0.433 e. The van der Waals surface area contributed by atoms with Gasteiger partial charge in [0.1, 0.15) is 12.0 Å². The Morgan fingerprint density at radius 2 is 1.65 bits per heavy atom. The molecule has 26 heavy (non-hydrogen) atoms. The summed E-state index contributed by atoms with van der Waals surface area (Å²) in [7, 11) is 2.78. The molecule has 0 fully saturated rings. The van der Waals surface area contributed by atoms with Crippen LogP contribution in [-0.2, 0) is 12.4 Å². The standard InChI is InChI=1S/C14H11ClF6N3OS/c1-24(2,26)9-4-7(13(16,17)18)3-8(15)12(9)23-6-22-10(5-11(23)25)14(19,20)21/h3-6,26H,1-2H3/q+1. The number of thiol groups is 1. The second-order valence-corrected chi connectivity index (χ2v) is 7.11. The second kappa shape index (κ2) is 6.46. The Morgan fingerprint density at radius 3 is 2.08 bits per heavy atom. The van der Waals surface area contributed by atoms with Crippen molar-refractivity contribution in [2.24, 2.45) is 0 Å². The molecule has 2 aromatic rings. The van der Waals surface area contributed by atoms with Gasteiger partial charge < -0.3 is 0 Å². The van der Waals surface area contributed by atoms with Crippen LogP contribution in [0.1, 0.15) is 11.3 Å². The molecule has 0 bridgehead atoms. The zero-order chi connectivity index (χ0) is 20.1. The van der Waals surface area contributed by atoms with Gasteiger partial charge in [-0.2, -0.15) is 26.3 Å². The molecule has 0 aliphatic carbocycles. The van der Waals surface area contributed by atoms with Crippen LogP contribution in [-0.4, -0.2) is 23.6 Å². The zero-order valence-corrected chi connectivity index (χ0v) is 14.8. The van der Waals surface area contributed by atoms with Crippen molar-refractivity contribution in [3.8, 4) is 5.69 Å². The van der Waals surface area contributed by atoms with Gasteiger partial charge in [-0.25, -0.2) is 8.87 Å². The number of hydrogen-bond donors (Lipinski definition) is 1. The quantitative estimate of drug-likeness (QED) is 0.447. The summed E-state index contributed by atoms with van der Waals surface area (Å²) in [6.07, 6.45) is -9.00. The number of aromatic nitrogens is 2. The summed E-state index contributed by atoms with van der Waals surface area (Å²) in [5.41, 5.74) is -4.07. The maximum Gasteiger partial charge on any atom is 0.433 e. The monoisotopic (exact) mass is 418 g/mol. The van der Waals surface area contributed by atoms with Crippen molar-refractivity contribution in [1.82, 2.24) is 13.4 Å². The van der Waals surface area contributed by atoms with Crippen LogP contribution in [0, 0.1) is 0 Å². The Bertz CT molecular complexity index is 902. The number of halogens is 7. The second-order valence-electron chi connectivity index (χ2n) is 5.70. The maximum absolute atomic E-state index is 13.0. The van der Waals surface area contributed by atoms with Crippen molar-refractivity contribution < 1.29 is 26.3 Å². The minimum atomic E-state index is -4.84. The van der Waals surface area contributed by atoms with Gasteiger partial charge in [-0.3, -0.25) is 9.36 Å². The van der Waals surface area contributed by atoms with Crippen molar-refractivity contribution in [1.29, 1.82) is 0 Å². The Hall–Kier alpha value is -1.72. The molecule has 1 heterocycles. The molecule has 0 radical (unpaired) electrons. The lowest BCUT2D eigenvalue weighted by Gasteiger charge is -2.25. The van der Waals surface area contributed by atoms with Gasteiger partial charge in [-0.1, -0.05) is 11.6 Å². The van der Waals surface area contributed by atoms with E-state index in [2.05, 4.69) is 17.8 Å². The summed E-state index contributed by atoms with van der Waals surface area (Å²) >= 11 is 10.1. The predicted octanol–water partition coefficient (Wildman–Crippen LogP) is 4.34. The van der Waals surface area contributed by atoms with Crippen LogP contribution in [0.4, 0.5) is 32.0 Å². The van der Waals surface area contributed by atoms with E-state index >= 15 is 0 Å². The first kappa shape index (κ1) is 20.6. The van der Waals surface area contributed by atoms with Crippen LogP contribution in [0.25, 0.3) is 5.69 Å². The molecule has 0 saturated carbocycles. The van der Waals surface area contributed by atoms with Crippen LogP contribution in [0.15, 0.2) is 29.3 Å².